The highest BCUT2D eigenvalue weighted by Crippen LogP contribution is 2.26. The normalized spacial score (nSPS) is 11.3. The largest absolute Gasteiger partial charge is 0.320 e. The molecular weight excluding hydrogens is 378 g/mol. The summed E-state index contributed by atoms with van der Waals surface area (Å²) in [5.41, 5.74) is 3.04. The third-order valence-corrected chi connectivity index (χ3v) is 4.60. The van der Waals surface area contributed by atoms with E-state index in [1.54, 1.807) is 41.5 Å². The summed E-state index contributed by atoms with van der Waals surface area (Å²) >= 11 is 6.13. The maximum Gasteiger partial charge on any atom is 0.257 e. The Morgan fingerprint density at radius 1 is 1.21 bits per heavy atom. The first-order valence-corrected chi connectivity index (χ1v) is 9.12. The van der Waals surface area contributed by atoms with Crippen LogP contribution in [0.1, 0.15) is 35.9 Å². The molecule has 0 aliphatic rings. The Balaban J connectivity index is 1.72. The van der Waals surface area contributed by atoms with Crippen molar-refractivity contribution in [2.75, 3.05) is 5.32 Å². The molecule has 4 rings (SSSR count). The highest BCUT2D eigenvalue weighted by atomic mass is 35.5. The van der Waals surface area contributed by atoms with Crippen molar-refractivity contribution in [2.45, 2.75) is 26.8 Å². The molecule has 0 aliphatic carbocycles. The zero-order valence-electron chi connectivity index (χ0n) is 15.6. The van der Waals surface area contributed by atoms with Gasteiger partial charge in [0.25, 0.3) is 5.91 Å². The molecule has 0 spiro atoms. The van der Waals surface area contributed by atoms with Gasteiger partial charge in [0.1, 0.15) is 12.7 Å². The number of nitrogens with one attached hydrogen (secondary N) is 1. The van der Waals surface area contributed by atoms with Crippen molar-refractivity contribution in [2.24, 2.45) is 0 Å². The van der Waals surface area contributed by atoms with E-state index in [0.717, 1.165) is 11.0 Å². The smallest absolute Gasteiger partial charge is 0.257 e. The Hall–Kier alpha value is -3.26. The van der Waals surface area contributed by atoms with E-state index in [1.165, 1.54) is 6.33 Å². The summed E-state index contributed by atoms with van der Waals surface area (Å²) in [6, 6.07) is 7.16. The van der Waals surface area contributed by atoms with Gasteiger partial charge in [-0.1, -0.05) is 11.6 Å². The van der Waals surface area contributed by atoms with Crippen molar-refractivity contribution in [1.82, 2.24) is 29.5 Å². The van der Waals surface area contributed by atoms with Crippen molar-refractivity contribution in [1.29, 1.82) is 0 Å². The second kappa shape index (κ2) is 7.05. The molecule has 1 N–H and O–H groups in total. The average molecular weight is 396 g/mol. The van der Waals surface area contributed by atoms with Crippen LogP contribution in [0.5, 0.6) is 0 Å². The van der Waals surface area contributed by atoms with Crippen molar-refractivity contribution in [3.63, 3.8) is 0 Å². The number of aromatic nitrogens is 6. The topological polar surface area (TPSA) is 90.5 Å². The van der Waals surface area contributed by atoms with Gasteiger partial charge in [0.15, 0.2) is 5.65 Å². The van der Waals surface area contributed by atoms with Crippen LogP contribution in [0.2, 0.25) is 5.02 Å². The number of aryl methyl sites for hydroxylation is 1. The maximum absolute atomic E-state index is 13.0. The van der Waals surface area contributed by atoms with E-state index in [2.05, 4.69) is 25.5 Å². The second-order valence-electron chi connectivity index (χ2n) is 6.67. The first-order valence-electron chi connectivity index (χ1n) is 8.75. The fourth-order valence-corrected chi connectivity index (χ4v) is 3.18. The standard InChI is InChI=1S/C19H18ClN7O/c1-11(2)27-18-13(8-22-27)6-15(12(3)24-18)19(28)25-16-7-14(20)4-5-17(16)26-10-21-9-23-26/h4-11H,1-3H3,(H,25,28). The van der Waals surface area contributed by atoms with Crippen LogP contribution in [0.4, 0.5) is 5.69 Å². The summed E-state index contributed by atoms with van der Waals surface area (Å²) in [4.78, 5) is 21.5. The monoisotopic (exact) mass is 395 g/mol. The van der Waals surface area contributed by atoms with E-state index in [9.17, 15) is 4.79 Å². The molecule has 0 radical (unpaired) electrons. The zero-order chi connectivity index (χ0) is 19.8. The predicted octanol–water partition coefficient (Wildman–Crippen LogP) is 3.81. The third-order valence-electron chi connectivity index (χ3n) is 4.37. The molecule has 0 unspecified atom stereocenters. The molecule has 0 bridgehead atoms. The minimum atomic E-state index is -0.284. The molecule has 0 atom stereocenters. The van der Waals surface area contributed by atoms with E-state index in [4.69, 9.17) is 11.6 Å². The van der Waals surface area contributed by atoms with Gasteiger partial charge in [0, 0.05) is 16.5 Å². The molecule has 1 aromatic carbocycles. The molecule has 0 saturated heterocycles. The van der Waals surface area contributed by atoms with Crippen LogP contribution in [-0.2, 0) is 0 Å². The number of pyridine rings is 1. The van der Waals surface area contributed by atoms with Gasteiger partial charge in [-0.05, 0) is 45.0 Å². The quantitative estimate of drug-likeness (QED) is 0.567. The maximum atomic E-state index is 13.0. The Bertz CT molecular complexity index is 1160. The number of rotatable bonds is 4. The third kappa shape index (κ3) is 3.22. The average Bonchev–Trinajstić information content (AvgIpc) is 3.30. The fourth-order valence-electron chi connectivity index (χ4n) is 3.00. The van der Waals surface area contributed by atoms with Crippen LogP contribution in [0.15, 0.2) is 43.1 Å². The van der Waals surface area contributed by atoms with Gasteiger partial charge in [0.2, 0.25) is 0 Å². The highest BCUT2D eigenvalue weighted by molar-refractivity contribution is 6.31. The van der Waals surface area contributed by atoms with Gasteiger partial charge in [-0.25, -0.2) is 19.3 Å². The summed E-state index contributed by atoms with van der Waals surface area (Å²) in [5.74, 6) is -0.284. The van der Waals surface area contributed by atoms with Crippen molar-refractivity contribution >= 4 is 34.2 Å². The van der Waals surface area contributed by atoms with Crippen LogP contribution in [0.25, 0.3) is 16.7 Å². The number of benzene rings is 1. The molecule has 4 aromatic rings. The number of hydrogen-bond acceptors (Lipinski definition) is 5. The summed E-state index contributed by atoms with van der Waals surface area (Å²) in [7, 11) is 0. The van der Waals surface area contributed by atoms with Crippen LogP contribution in [-0.4, -0.2) is 35.4 Å². The molecule has 3 heterocycles. The van der Waals surface area contributed by atoms with Gasteiger partial charge in [-0.15, -0.1) is 0 Å². The van der Waals surface area contributed by atoms with Crippen molar-refractivity contribution < 1.29 is 4.79 Å². The number of amides is 1. The van der Waals surface area contributed by atoms with Gasteiger partial charge in [-0.3, -0.25) is 4.79 Å². The highest BCUT2D eigenvalue weighted by Gasteiger charge is 2.17. The molecule has 3 aromatic heterocycles. The van der Waals surface area contributed by atoms with Crippen molar-refractivity contribution in [3.8, 4) is 5.69 Å². The number of hydrogen-bond donors (Lipinski definition) is 1. The SMILES string of the molecule is Cc1nc2c(cnn2C(C)C)cc1C(=O)Nc1cc(Cl)ccc1-n1cncn1. The molecule has 8 nitrogen and oxygen atoms in total. The molecule has 9 heteroatoms. The summed E-state index contributed by atoms with van der Waals surface area (Å²) < 4.78 is 3.40. The minimum Gasteiger partial charge on any atom is -0.320 e. The van der Waals surface area contributed by atoms with Gasteiger partial charge >= 0.3 is 0 Å². The van der Waals surface area contributed by atoms with E-state index >= 15 is 0 Å². The second-order valence-corrected chi connectivity index (χ2v) is 7.11. The predicted molar refractivity (Wildman–Crippen MR) is 107 cm³/mol. The van der Waals surface area contributed by atoms with Crippen LogP contribution < -0.4 is 5.32 Å². The number of anilines is 1. The first-order chi connectivity index (χ1) is 13.4. The Kier molecular flexibility index (Phi) is 4.56. The van der Waals surface area contributed by atoms with E-state index in [1.807, 2.05) is 25.5 Å². The van der Waals surface area contributed by atoms with Crippen LogP contribution >= 0.6 is 11.6 Å². The summed E-state index contributed by atoms with van der Waals surface area (Å²) in [6.45, 7) is 5.88. The summed E-state index contributed by atoms with van der Waals surface area (Å²) in [6.07, 6.45) is 4.70. The lowest BCUT2D eigenvalue weighted by Gasteiger charge is -2.13. The Morgan fingerprint density at radius 3 is 2.75 bits per heavy atom. The molecule has 28 heavy (non-hydrogen) atoms. The summed E-state index contributed by atoms with van der Waals surface area (Å²) in [5, 5.41) is 12.7. The minimum absolute atomic E-state index is 0.181. The molecular formula is C19H18ClN7O. The van der Waals surface area contributed by atoms with E-state index < -0.39 is 0 Å². The molecule has 0 fully saturated rings. The van der Waals surface area contributed by atoms with Gasteiger partial charge in [0.05, 0.1) is 28.8 Å². The van der Waals surface area contributed by atoms with E-state index in [0.29, 0.717) is 27.7 Å². The number of halogens is 1. The van der Waals surface area contributed by atoms with Gasteiger partial charge < -0.3 is 5.32 Å². The van der Waals surface area contributed by atoms with Crippen LogP contribution in [0, 0.1) is 6.92 Å². The Morgan fingerprint density at radius 2 is 2.04 bits per heavy atom. The number of carbonyl (C=O) groups is 1. The van der Waals surface area contributed by atoms with Gasteiger partial charge in [-0.2, -0.15) is 10.2 Å². The lowest BCUT2D eigenvalue weighted by Crippen LogP contribution is -2.16. The number of fused-ring (bicyclic) bond motifs is 1. The fraction of sp³-hybridized carbons (Fsp3) is 0.211. The lowest BCUT2D eigenvalue weighted by molar-refractivity contribution is 0.102. The number of nitrogens with zero attached hydrogens (tertiary/aromatic N) is 6. The lowest BCUT2D eigenvalue weighted by atomic mass is 10.1. The first kappa shape index (κ1) is 18.1. The number of carbonyl (C=O) groups excluding carboxylic acids is 1. The molecule has 142 valence electrons. The molecule has 1 amide bonds. The zero-order valence-corrected chi connectivity index (χ0v) is 16.3. The van der Waals surface area contributed by atoms with Crippen molar-refractivity contribution in [3.05, 3.63) is 59.4 Å². The molecule has 0 saturated carbocycles. The Labute approximate surface area is 166 Å². The molecule has 0 aliphatic heterocycles. The van der Waals surface area contributed by atoms with Crippen LogP contribution in [0.3, 0.4) is 0 Å². The van der Waals surface area contributed by atoms with E-state index in [-0.39, 0.29) is 11.9 Å².